The second kappa shape index (κ2) is 9.59. The second-order valence-corrected chi connectivity index (χ2v) is 7.11. The first kappa shape index (κ1) is 21.6. The maximum atomic E-state index is 12.7. The van der Waals surface area contributed by atoms with Gasteiger partial charge in [0.2, 0.25) is 5.88 Å². The van der Waals surface area contributed by atoms with Gasteiger partial charge in [0.1, 0.15) is 11.5 Å². The van der Waals surface area contributed by atoms with Crippen molar-refractivity contribution < 1.29 is 19.0 Å². The van der Waals surface area contributed by atoms with Gasteiger partial charge in [0.05, 0.1) is 26.3 Å². The highest BCUT2D eigenvalue weighted by atomic mass is 35.5. The third-order valence-corrected chi connectivity index (χ3v) is 5.07. The summed E-state index contributed by atoms with van der Waals surface area (Å²) in [5.41, 5.74) is 3.53. The van der Waals surface area contributed by atoms with E-state index in [4.69, 9.17) is 25.8 Å². The number of hydrogen-bond donors (Lipinski definition) is 1. The van der Waals surface area contributed by atoms with Crippen LogP contribution in [0.5, 0.6) is 17.4 Å². The molecule has 158 valence electrons. The minimum Gasteiger partial charge on any atom is -0.496 e. The predicted molar refractivity (Wildman–Crippen MR) is 118 cm³/mol. The quantitative estimate of drug-likeness (QED) is 0.544. The van der Waals surface area contributed by atoms with Crippen molar-refractivity contribution in [2.45, 2.75) is 26.9 Å². The predicted octanol–water partition coefficient (Wildman–Crippen LogP) is 5.44. The van der Waals surface area contributed by atoms with Crippen LogP contribution in [0.15, 0.2) is 48.7 Å². The van der Waals surface area contributed by atoms with Crippen molar-refractivity contribution in [3.05, 3.63) is 64.8 Å². The molecule has 3 rings (SSSR count). The fourth-order valence-electron chi connectivity index (χ4n) is 3.37. The normalized spacial score (nSPS) is 10.6. The van der Waals surface area contributed by atoms with Gasteiger partial charge in [0.15, 0.2) is 0 Å². The van der Waals surface area contributed by atoms with Gasteiger partial charge >= 0.3 is 6.09 Å². The number of hydrogen-bond acceptors (Lipinski definition) is 4. The van der Waals surface area contributed by atoms with Crippen molar-refractivity contribution >= 4 is 17.7 Å². The van der Waals surface area contributed by atoms with Gasteiger partial charge in [-0.15, -0.1) is 0 Å². The molecule has 1 N–H and O–H groups in total. The molecule has 0 fully saturated rings. The molecule has 1 amide bonds. The number of aryl methyl sites for hydroxylation is 2. The second-order valence-electron chi connectivity index (χ2n) is 6.67. The van der Waals surface area contributed by atoms with E-state index in [1.165, 1.54) is 0 Å². The summed E-state index contributed by atoms with van der Waals surface area (Å²) < 4.78 is 18.4. The molecule has 0 aliphatic carbocycles. The molecule has 0 aliphatic heterocycles. The molecule has 0 unspecified atom stereocenters. The third-order valence-electron chi connectivity index (χ3n) is 4.82. The Morgan fingerprint density at radius 3 is 2.27 bits per heavy atom. The number of rotatable bonds is 7. The minimum atomic E-state index is -0.564. The van der Waals surface area contributed by atoms with Gasteiger partial charge < -0.3 is 24.1 Å². The summed E-state index contributed by atoms with van der Waals surface area (Å²) >= 11 is 6.02. The number of aromatic nitrogens is 1. The molecule has 7 heteroatoms. The lowest BCUT2D eigenvalue weighted by atomic mass is 10.1. The number of methoxy groups -OCH3 is 2. The van der Waals surface area contributed by atoms with E-state index < -0.39 is 6.09 Å². The van der Waals surface area contributed by atoms with Gasteiger partial charge in [-0.2, -0.15) is 0 Å². The molecule has 6 nitrogen and oxygen atoms in total. The Kier molecular flexibility index (Phi) is 6.90. The molecular formula is C23H25ClN2O4. The summed E-state index contributed by atoms with van der Waals surface area (Å²) in [6, 6.07) is 12.9. The molecule has 0 aliphatic rings. The van der Waals surface area contributed by atoms with Gasteiger partial charge in [-0.3, -0.25) is 0 Å². The number of halogens is 1. The van der Waals surface area contributed by atoms with Crippen molar-refractivity contribution in [2.75, 3.05) is 14.2 Å². The number of benzene rings is 2. The zero-order chi connectivity index (χ0) is 21.7. The van der Waals surface area contributed by atoms with Crippen LogP contribution in [0.4, 0.5) is 4.79 Å². The Balaban J connectivity index is 1.83. The van der Waals surface area contributed by atoms with Gasteiger partial charge in [0, 0.05) is 23.3 Å². The molecule has 0 bridgehead atoms. The molecule has 0 saturated heterocycles. The fraction of sp³-hybridized carbons (Fsp3) is 0.261. The Hall–Kier alpha value is -3.12. The summed E-state index contributed by atoms with van der Waals surface area (Å²) in [7, 11) is 3.15. The van der Waals surface area contributed by atoms with Crippen LogP contribution in [0.2, 0.25) is 5.02 Å². The summed E-state index contributed by atoms with van der Waals surface area (Å²) in [5.74, 6) is 1.75. The van der Waals surface area contributed by atoms with E-state index in [2.05, 4.69) is 5.32 Å². The Morgan fingerprint density at radius 2 is 1.70 bits per heavy atom. The number of carbonyl (C=O) groups is 1. The monoisotopic (exact) mass is 428 g/mol. The first-order valence-corrected chi connectivity index (χ1v) is 9.97. The topological polar surface area (TPSA) is 61.7 Å². The molecule has 0 saturated carbocycles. The molecule has 1 aromatic heterocycles. The average molecular weight is 429 g/mol. The van der Waals surface area contributed by atoms with Crippen molar-refractivity contribution in [1.29, 1.82) is 0 Å². The van der Waals surface area contributed by atoms with E-state index >= 15 is 0 Å². The van der Waals surface area contributed by atoms with E-state index in [0.717, 1.165) is 22.3 Å². The summed E-state index contributed by atoms with van der Waals surface area (Å²) in [6.45, 7) is 4.85. The number of nitrogens with one attached hydrogen (secondary N) is 1. The van der Waals surface area contributed by atoms with E-state index in [1.807, 2.05) is 67.1 Å². The Bertz CT molecular complexity index is 1010. The lowest BCUT2D eigenvalue weighted by molar-refractivity contribution is 0.196. The van der Waals surface area contributed by atoms with Gasteiger partial charge in [-0.05, 0) is 49.2 Å². The highest BCUT2D eigenvalue weighted by Crippen LogP contribution is 2.36. The van der Waals surface area contributed by atoms with Crippen molar-refractivity contribution in [1.82, 2.24) is 9.88 Å². The summed E-state index contributed by atoms with van der Waals surface area (Å²) in [5, 5.41) is 3.44. The molecule has 0 atom stereocenters. The molecule has 2 aromatic carbocycles. The van der Waals surface area contributed by atoms with Crippen molar-refractivity contribution in [3.8, 4) is 28.5 Å². The zero-order valence-electron chi connectivity index (χ0n) is 17.5. The van der Waals surface area contributed by atoms with E-state index in [9.17, 15) is 4.79 Å². The van der Waals surface area contributed by atoms with Gasteiger partial charge in [0.25, 0.3) is 0 Å². The van der Waals surface area contributed by atoms with Crippen molar-refractivity contribution in [2.24, 2.45) is 0 Å². The maximum absolute atomic E-state index is 12.7. The standard InChI is InChI=1S/C23H25ClN2O4/c1-5-26-14-15(2)21(16-9-11-17(24)12-10-16)22(26)30-23(27)25-13-18-19(28-3)7-6-8-20(18)29-4/h6-12,14H,5,13H2,1-4H3,(H,25,27). The average Bonchev–Trinajstić information content (AvgIpc) is 3.07. The van der Waals surface area contributed by atoms with Crippen LogP contribution in [-0.2, 0) is 13.1 Å². The van der Waals surface area contributed by atoms with Gasteiger partial charge in [-0.25, -0.2) is 4.79 Å². The number of nitrogens with zero attached hydrogens (tertiary/aromatic N) is 1. The maximum Gasteiger partial charge on any atom is 0.414 e. The molecule has 3 aromatic rings. The molecule has 1 heterocycles. The van der Waals surface area contributed by atoms with Crippen molar-refractivity contribution in [3.63, 3.8) is 0 Å². The summed E-state index contributed by atoms with van der Waals surface area (Å²) in [4.78, 5) is 12.7. The molecular weight excluding hydrogens is 404 g/mol. The minimum absolute atomic E-state index is 0.202. The largest absolute Gasteiger partial charge is 0.496 e. The lowest BCUT2D eigenvalue weighted by Crippen LogP contribution is -2.27. The summed E-state index contributed by atoms with van der Waals surface area (Å²) in [6.07, 6.45) is 1.40. The third kappa shape index (κ3) is 4.54. The molecule has 0 spiro atoms. The number of carbonyl (C=O) groups excluding carboxylic acids is 1. The van der Waals surface area contributed by atoms with Gasteiger partial charge in [-0.1, -0.05) is 29.8 Å². The number of amides is 1. The lowest BCUT2D eigenvalue weighted by Gasteiger charge is -2.15. The number of ether oxygens (including phenoxy) is 3. The van der Waals surface area contributed by atoms with E-state index in [1.54, 1.807) is 14.2 Å². The Morgan fingerprint density at radius 1 is 1.07 bits per heavy atom. The smallest absolute Gasteiger partial charge is 0.414 e. The van der Waals surface area contributed by atoms with Crippen LogP contribution in [0, 0.1) is 6.92 Å². The van der Waals surface area contributed by atoms with Crippen LogP contribution >= 0.6 is 11.6 Å². The van der Waals surface area contributed by atoms with E-state index in [-0.39, 0.29) is 6.54 Å². The van der Waals surface area contributed by atoms with Crippen LogP contribution in [0.1, 0.15) is 18.1 Å². The highest BCUT2D eigenvalue weighted by Gasteiger charge is 2.20. The Labute approximate surface area is 181 Å². The SMILES string of the molecule is CCn1cc(C)c(-c2ccc(Cl)cc2)c1OC(=O)NCc1c(OC)cccc1OC. The zero-order valence-corrected chi connectivity index (χ0v) is 18.2. The van der Waals surface area contributed by atoms with Crippen LogP contribution in [0.25, 0.3) is 11.1 Å². The van der Waals surface area contributed by atoms with Crippen LogP contribution < -0.4 is 19.5 Å². The first-order chi connectivity index (χ1) is 14.5. The van der Waals surface area contributed by atoms with Crippen LogP contribution in [-0.4, -0.2) is 24.9 Å². The van der Waals surface area contributed by atoms with E-state index in [0.29, 0.717) is 28.9 Å². The molecule has 0 radical (unpaired) electrons. The highest BCUT2D eigenvalue weighted by molar-refractivity contribution is 6.30. The first-order valence-electron chi connectivity index (χ1n) is 9.59. The van der Waals surface area contributed by atoms with Crippen LogP contribution in [0.3, 0.4) is 0 Å². The fourth-order valence-corrected chi connectivity index (χ4v) is 3.49. The molecule has 30 heavy (non-hydrogen) atoms.